The number of aliphatic hydroxyl groups is 1. The zero-order valence-corrected chi connectivity index (χ0v) is 36.7. The number of aromatic amines is 2. The maximum Gasteiger partial charge on any atom is 0.407 e. The lowest BCUT2D eigenvalue weighted by Crippen LogP contribution is -2.53. The van der Waals surface area contributed by atoms with Crippen LogP contribution in [0.15, 0.2) is 48.7 Å². The average Bonchev–Trinajstić information content (AvgIpc) is 4.09. The maximum atomic E-state index is 14.1. The number of hydrogen-bond donors (Lipinski definition) is 5. The summed E-state index contributed by atoms with van der Waals surface area (Å²) in [6.07, 6.45) is 2.16. The Morgan fingerprint density at radius 1 is 0.935 bits per heavy atom. The molecule has 8 rings (SSSR count). The van der Waals surface area contributed by atoms with Gasteiger partial charge in [0.25, 0.3) is 0 Å². The maximum absolute atomic E-state index is 14.1. The van der Waals surface area contributed by atoms with Crippen LogP contribution in [-0.2, 0) is 30.4 Å². The van der Waals surface area contributed by atoms with E-state index in [1.165, 1.54) is 14.2 Å². The number of aromatic nitrogens is 4. The molecule has 5 heterocycles. The van der Waals surface area contributed by atoms with Gasteiger partial charge in [0.15, 0.2) is 0 Å². The summed E-state index contributed by atoms with van der Waals surface area (Å²) < 4.78 is 21.8. The summed E-state index contributed by atoms with van der Waals surface area (Å²) in [4.78, 5) is 60.7. The standard InChI is InChI=1S/C46H58N8O8/c1-23(2)38(51-45(57)60-7)43(55)53-20-26(21-59-6)15-36(53)42-48-33-13-11-27-17-32-30-12-10-28(16-29(30)22-62-37(32)18-31(27)40(33)50-42)34-19-47-41(49-34)35-14-9-25(5)54(35)44(56)39(24(3)4)52-46(58)61-8/h10-13,16-19,23-26,35-36,38-39,45,51,57H,9,14-15,20-22H2,1-8H3,(H,47,49)(H,48,50)(H,52,58)/t25-,26-,35-,36-,38-,39-,45?/m0/s1. The van der Waals surface area contributed by atoms with E-state index in [-0.39, 0.29) is 47.7 Å². The van der Waals surface area contributed by atoms with Crippen LogP contribution in [0.5, 0.6) is 5.75 Å². The van der Waals surface area contributed by atoms with Crippen LogP contribution in [0.4, 0.5) is 4.79 Å². The van der Waals surface area contributed by atoms with Crippen molar-refractivity contribution in [2.45, 2.75) is 97.1 Å². The first-order chi connectivity index (χ1) is 29.8. The lowest BCUT2D eigenvalue weighted by Gasteiger charge is -2.32. The van der Waals surface area contributed by atoms with Crippen molar-refractivity contribution >= 4 is 39.7 Å². The summed E-state index contributed by atoms with van der Waals surface area (Å²) in [5.74, 6) is 1.78. The summed E-state index contributed by atoms with van der Waals surface area (Å²) in [5, 5.41) is 17.9. The van der Waals surface area contributed by atoms with Crippen molar-refractivity contribution in [3.05, 3.63) is 65.9 Å². The SMILES string of the molecule is COC[C@H]1C[C@@H](c2nc3ccc4cc5c(cc4c3[nH]2)OCc2cc(-c3cnc([C@@H]4CC[C@H](C)N4C(=O)[C@@H](NC(=O)OC)C(C)C)[nH]3)ccc2-5)N(C(=O)[C@@H](NC(O)OC)C(C)C)C1. The first-order valence-electron chi connectivity index (χ1n) is 21.5. The minimum Gasteiger partial charge on any atom is -0.488 e. The van der Waals surface area contributed by atoms with E-state index in [9.17, 15) is 19.5 Å². The third-order valence-electron chi connectivity index (χ3n) is 12.8. The Bertz CT molecular complexity index is 2460. The fourth-order valence-corrected chi connectivity index (χ4v) is 9.51. The molecule has 2 aromatic heterocycles. The van der Waals surface area contributed by atoms with Crippen LogP contribution < -0.4 is 15.4 Å². The van der Waals surface area contributed by atoms with Gasteiger partial charge in [-0.1, -0.05) is 45.9 Å². The first kappa shape index (κ1) is 43.1. The van der Waals surface area contributed by atoms with Crippen molar-refractivity contribution in [2.24, 2.45) is 17.8 Å². The Morgan fingerprint density at radius 2 is 1.73 bits per heavy atom. The van der Waals surface area contributed by atoms with Gasteiger partial charge in [-0.3, -0.25) is 14.9 Å². The number of fused-ring (bicyclic) bond motifs is 6. The second kappa shape index (κ2) is 17.7. The Labute approximate surface area is 361 Å². The summed E-state index contributed by atoms with van der Waals surface area (Å²) in [6.45, 7) is 11.1. The van der Waals surface area contributed by atoms with Crippen molar-refractivity contribution in [2.75, 3.05) is 34.5 Å². The summed E-state index contributed by atoms with van der Waals surface area (Å²) in [5.41, 5.74) is 6.56. The zero-order chi connectivity index (χ0) is 44.0. The minimum absolute atomic E-state index is 0.0178. The molecule has 5 aromatic rings. The van der Waals surface area contributed by atoms with Gasteiger partial charge in [0.05, 0.1) is 54.8 Å². The molecule has 3 aromatic carbocycles. The van der Waals surface area contributed by atoms with E-state index in [2.05, 4.69) is 57.0 Å². The van der Waals surface area contributed by atoms with Gasteiger partial charge in [-0.2, -0.15) is 0 Å². The van der Waals surface area contributed by atoms with Gasteiger partial charge < -0.3 is 49.1 Å². The predicted molar refractivity (Wildman–Crippen MR) is 233 cm³/mol. The smallest absolute Gasteiger partial charge is 0.407 e. The molecule has 0 aliphatic carbocycles. The van der Waals surface area contributed by atoms with E-state index in [1.807, 2.05) is 56.7 Å². The molecule has 330 valence electrons. The molecule has 5 N–H and O–H groups in total. The van der Waals surface area contributed by atoms with Crippen LogP contribution in [0.25, 0.3) is 44.2 Å². The number of aliphatic hydroxyl groups excluding tert-OH is 1. The third kappa shape index (κ3) is 8.12. The summed E-state index contributed by atoms with van der Waals surface area (Å²) in [6, 6.07) is 12.7. The molecule has 3 aliphatic heterocycles. The van der Waals surface area contributed by atoms with Gasteiger partial charge in [0.1, 0.15) is 30.0 Å². The number of amides is 3. The van der Waals surface area contributed by atoms with Gasteiger partial charge in [0, 0.05) is 43.7 Å². The number of ether oxygens (including phenoxy) is 4. The average molecular weight is 851 g/mol. The number of imidazole rings is 2. The van der Waals surface area contributed by atoms with Crippen LogP contribution in [-0.4, -0.2) is 112 Å². The number of nitrogens with one attached hydrogen (secondary N) is 4. The van der Waals surface area contributed by atoms with Crippen LogP contribution >= 0.6 is 0 Å². The minimum atomic E-state index is -1.27. The quantitative estimate of drug-likeness (QED) is 0.0850. The summed E-state index contributed by atoms with van der Waals surface area (Å²) in [7, 11) is 4.35. The number of methoxy groups -OCH3 is 3. The van der Waals surface area contributed by atoms with E-state index in [4.69, 9.17) is 28.9 Å². The Balaban J connectivity index is 1.05. The predicted octanol–water partition coefficient (Wildman–Crippen LogP) is 6.17. The highest BCUT2D eigenvalue weighted by molar-refractivity contribution is 6.07. The molecule has 0 radical (unpaired) electrons. The largest absolute Gasteiger partial charge is 0.488 e. The third-order valence-corrected chi connectivity index (χ3v) is 12.8. The number of nitrogens with zero attached hydrogens (tertiary/aromatic N) is 4. The lowest BCUT2D eigenvalue weighted by molar-refractivity contribution is -0.145. The van der Waals surface area contributed by atoms with Crippen molar-refractivity contribution in [1.82, 2.24) is 40.4 Å². The van der Waals surface area contributed by atoms with Crippen molar-refractivity contribution in [3.63, 3.8) is 0 Å². The van der Waals surface area contributed by atoms with Gasteiger partial charge >= 0.3 is 6.09 Å². The van der Waals surface area contributed by atoms with Gasteiger partial charge in [0.2, 0.25) is 18.2 Å². The molecule has 16 nitrogen and oxygen atoms in total. The van der Waals surface area contributed by atoms with Crippen molar-refractivity contribution < 1.29 is 38.4 Å². The topological polar surface area (TPSA) is 196 Å². The number of benzene rings is 3. The molecule has 1 unspecified atom stereocenters. The molecule has 3 aliphatic rings. The molecule has 7 atom stereocenters. The van der Waals surface area contributed by atoms with Gasteiger partial charge in [-0.15, -0.1) is 0 Å². The highest BCUT2D eigenvalue weighted by Gasteiger charge is 2.43. The van der Waals surface area contributed by atoms with Crippen molar-refractivity contribution in [3.8, 4) is 28.1 Å². The molecule has 62 heavy (non-hydrogen) atoms. The molecule has 0 saturated carbocycles. The molecule has 0 spiro atoms. The van der Waals surface area contributed by atoms with Crippen molar-refractivity contribution in [1.29, 1.82) is 0 Å². The summed E-state index contributed by atoms with van der Waals surface area (Å²) >= 11 is 0. The Morgan fingerprint density at radius 3 is 2.45 bits per heavy atom. The van der Waals surface area contributed by atoms with Crippen LogP contribution in [0.2, 0.25) is 0 Å². The fraction of sp³-hybridized carbons (Fsp3) is 0.500. The van der Waals surface area contributed by atoms with E-state index < -0.39 is 24.6 Å². The zero-order valence-electron chi connectivity index (χ0n) is 36.7. The number of likely N-dealkylation sites (tertiary alicyclic amines) is 2. The first-order valence-corrected chi connectivity index (χ1v) is 21.5. The van der Waals surface area contributed by atoms with E-state index in [0.717, 1.165) is 68.3 Å². The fourth-order valence-electron chi connectivity index (χ4n) is 9.51. The highest BCUT2D eigenvalue weighted by Crippen LogP contribution is 2.44. The number of H-pyrrole nitrogens is 2. The van der Waals surface area contributed by atoms with E-state index in [0.29, 0.717) is 37.8 Å². The number of alkyl carbamates (subject to hydrolysis) is 1. The van der Waals surface area contributed by atoms with Crippen LogP contribution in [0, 0.1) is 17.8 Å². The van der Waals surface area contributed by atoms with Crippen LogP contribution in [0.3, 0.4) is 0 Å². The lowest BCUT2D eigenvalue weighted by atomic mass is 9.92. The molecular weight excluding hydrogens is 793 g/mol. The Kier molecular flexibility index (Phi) is 12.3. The number of hydrogen-bond acceptors (Lipinski definition) is 11. The van der Waals surface area contributed by atoms with E-state index in [1.54, 1.807) is 7.11 Å². The second-order valence-corrected chi connectivity index (χ2v) is 17.6. The van der Waals surface area contributed by atoms with Crippen LogP contribution in [0.1, 0.15) is 83.2 Å². The molecular formula is C46H58N8O8. The Hall–Kier alpha value is -5.55. The normalized spacial score (nSPS) is 21.3. The molecule has 2 saturated heterocycles. The molecule has 3 amide bonds. The van der Waals surface area contributed by atoms with E-state index >= 15 is 0 Å². The van der Waals surface area contributed by atoms with Gasteiger partial charge in [-0.05, 0) is 84.4 Å². The number of rotatable bonds is 13. The monoisotopic (exact) mass is 850 g/mol. The molecule has 0 bridgehead atoms. The number of carbonyl (C=O) groups is 3. The molecule has 2 fully saturated rings. The molecule has 16 heteroatoms. The second-order valence-electron chi connectivity index (χ2n) is 17.6. The highest BCUT2D eigenvalue weighted by atomic mass is 16.6. The van der Waals surface area contributed by atoms with Gasteiger partial charge in [-0.25, -0.2) is 14.8 Å². The number of carbonyl (C=O) groups excluding carboxylic acids is 3.